The van der Waals surface area contributed by atoms with Gasteiger partial charge in [0.05, 0.1) is 9.77 Å². The van der Waals surface area contributed by atoms with Gasteiger partial charge in [-0.1, -0.05) is 12.8 Å². The summed E-state index contributed by atoms with van der Waals surface area (Å²) >= 11 is 1.22. The third-order valence-electron chi connectivity index (χ3n) is 4.17. The molecule has 116 valence electrons. The second-order valence-corrected chi connectivity index (χ2v) is 8.37. The van der Waals surface area contributed by atoms with Gasteiger partial charge in [0.15, 0.2) is 0 Å². The highest BCUT2D eigenvalue weighted by Crippen LogP contribution is 2.25. The second kappa shape index (κ2) is 6.06. The molecule has 1 N–H and O–H groups in total. The van der Waals surface area contributed by atoms with E-state index in [1.807, 2.05) is 0 Å². The molecule has 1 saturated carbocycles. The van der Waals surface area contributed by atoms with Crippen LogP contribution in [-0.2, 0) is 10.0 Å². The number of likely N-dealkylation sites (tertiary alicyclic amines) is 1. The number of hydrogen-bond acceptors (Lipinski definition) is 4. The zero-order chi connectivity index (χ0) is 14.9. The molecule has 7 heteroatoms. The first-order valence-corrected chi connectivity index (χ1v) is 9.83. The Hall–Kier alpha value is -0.920. The smallest absolute Gasteiger partial charge is 0.263 e. The molecule has 1 aliphatic carbocycles. The summed E-state index contributed by atoms with van der Waals surface area (Å²) in [5.74, 6) is -0.0418. The molecule has 0 spiro atoms. The number of nitrogens with zero attached hydrogens (tertiary/aromatic N) is 1. The van der Waals surface area contributed by atoms with Gasteiger partial charge < -0.3 is 4.90 Å². The molecule has 2 fully saturated rings. The Morgan fingerprint density at radius 1 is 1.19 bits per heavy atom. The summed E-state index contributed by atoms with van der Waals surface area (Å²) in [7, 11) is -3.49. The Balaban J connectivity index is 1.72. The topological polar surface area (TPSA) is 66.5 Å². The normalized spacial score (nSPS) is 20.3. The molecule has 0 bridgehead atoms. The van der Waals surface area contributed by atoms with Crippen LogP contribution in [0.1, 0.15) is 48.2 Å². The van der Waals surface area contributed by atoms with Crippen LogP contribution in [0.4, 0.5) is 0 Å². The van der Waals surface area contributed by atoms with Gasteiger partial charge in [-0.15, -0.1) is 11.3 Å². The minimum absolute atomic E-state index is 0.0418. The fourth-order valence-electron chi connectivity index (χ4n) is 2.98. The lowest BCUT2D eigenvalue weighted by atomic mass is 10.3. The minimum atomic E-state index is -3.49. The number of carbonyl (C=O) groups is 1. The fraction of sp³-hybridized carbons (Fsp3) is 0.643. The predicted octanol–water partition coefficient (Wildman–Crippen LogP) is 2.21. The summed E-state index contributed by atoms with van der Waals surface area (Å²) in [6, 6.07) is 1.57. The lowest BCUT2D eigenvalue weighted by molar-refractivity contribution is 0.0797. The monoisotopic (exact) mass is 328 g/mol. The van der Waals surface area contributed by atoms with Crippen LogP contribution in [0.15, 0.2) is 16.3 Å². The van der Waals surface area contributed by atoms with Crippen molar-refractivity contribution in [2.24, 2.45) is 0 Å². The highest BCUT2D eigenvalue weighted by Gasteiger charge is 2.26. The molecule has 1 saturated heterocycles. The number of nitrogens with one attached hydrogen (secondary N) is 1. The molecular formula is C14H20N2O3S2. The van der Waals surface area contributed by atoms with Gasteiger partial charge in [-0.2, -0.15) is 0 Å². The van der Waals surface area contributed by atoms with Crippen LogP contribution in [-0.4, -0.2) is 38.4 Å². The maximum absolute atomic E-state index is 12.3. The largest absolute Gasteiger partial charge is 0.338 e. The van der Waals surface area contributed by atoms with Crippen LogP contribution in [0.25, 0.3) is 0 Å². The Kier molecular flexibility index (Phi) is 4.33. The van der Waals surface area contributed by atoms with E-state index in [9.17, 15) is 13.2 Å². The number of hydrogen-bond donors (Lipinski definition) is 1. The lowest BCUT2D eigenvalue weighted by Gasteiger charge is -2.13. The highest BCUT2D eigenvalue weighted by atomic mass is 32.2. The van der Waals surface area contributed by atoms with Crippen LogP contribution in [0, 0.1) is 0 Å². The summed E-state index contributed by atoms with van der Waals surface area (Å²) in [4.78, 5) is 14.8. The van der Waals surface area contributed by atoms with Gasteiger partial charge in [-0.05, 0) is 31.7 Å². The Morgan fingerprint density at radius 2 is 1.86 bits per heavy atom. The zero-order valence-corrected chi connectivity index (χ0v) is 13.5. The molecule has 1 amide bonds. The molecule has 5 nitrogen and oxygen atoms in total. The lowest BCUT2D eigenvalue weighted by Crippen LogP contribution is -2.32. The second-order valence-electron chi connectivity index (χ2n) is 5.75. The van der Waals surface area contributed by atoms with Crippen molar-refractivity contribution in [2.75, 3.05) is 13.1 Å². The Morgan fingerprint density at radius 3 is 2.52 bits per heavy atom. The Bertz CT molecular complexity index is 612. The zero-order valence-electron chi connectivity index (χ0n) is 11.9. The van der Waals surface area contributed by atoms with Gasteiger partial charge >= 0.3 is 0 Å². The average Bonchev–Trinajstić information content (AvgIpc) is 3.19. The van der Waals surface area contributed by atoms with Gasteiger partial charge in [0, 0.05) is 24.5 Å². The molecular weight excluding hydrogens is 308 g/mol. The van der Waals surface area contributed by atoms with Crippen LogP contribution in [0.2, 0.25) is 0 Å². The van der Waals surface area contributed by atoms with Crippen molar-refractivity contribution < 1.29 is 13.2 Å². The van der Waals surface area contributed by atoms with E-state index in [-0.39, 0.29) is 16.8 Å². The molecule has 21 heavy (non-hydrogen) atoms. The van der Waals surface area contributed by atoms with E-state index in [1.54, 1.807) is 10.3 Å². The van der Waals surface area contributed by atoms with E-state index in [0.29, 0.717) is 4.88 Å². The number of carbonyl (C=O) groups excluding carboxylic acids is 1. The number of sulfonamides is 1. The summed E-state index contributed by atoms with van der Waals surface area (Å²) in [6.07, 6.45) is 6.04. The maximum atomic E-state index is 12.3. The molecule has 1 aliphatic heterocycles. The third-order valence-corrected chi connectivity index (χ3v) is 6.73. The SMILES string of the molecule is O=C(c1cc(S(=O)(=O)NC2CCCC2)cs1)N1CCCC1. The van der Waals surface area contributed by atoms with Crippen LogP contribution in [0.5, 0.6) is 0 Å². The van der Waals surface area contributed by atoms with E-state index >= 15 is 0 Å². The van der Waals surface area contributed by atoms with E-state index in [0.717, 1.165) is 51.6 Å². The first-order chi connectivity index (χ1) is 10.1. The van der Waals surface area contributed by atoms with Crippen LogP contribution >= 0.6 is 11.3 Å². The summed E-state index contributed by atoms with van der Waals surface area (Å²) in [5.41, 5.74) is 0. The molecule has 0 radical (unpaired) electrons. The first-order valence-electron chi connectivity index (χ1n) is 7.46. The van der Waals surface area contributed by atoms with Gasteiger partial charge in [0.1, 0.15) is 0 Å². The molecule has 0 unspecified atom stereocenters. The van der Waals surface area contributed by atoms with Gasteiger partial charge in [-0.3, -0.25) is 4.79 Å². The molecule has 1 aromatic heterocycles. The van der Waals surface area contributed by atoms with E-state index in [1.165, 1.54) is 17.4 Å². The molecule has 0 atom stereocenters. The van der Waals surface area contributed by atoms with Crippen molar-refractivity contribution >= 4 is 27.3 Å². The standard InChI is InChI=1S/C14H20N2O3S2/c17-14(16-7-3-4-8-16)13-9-12(10-20-13)21(18,19)15-11-5-1-2-6-11/h9-11,15H,1-8H2. The van der Waals surface area contributed by atoms with Crippen LogP contribution in [0.3, 0.4) is 0 Å². The van der Waals surface area contributed by atoms with Crippen molar-refractivity contribution in [3.05, 3.63) is 16.3 Å². The summed E-state index contributed by atoms with van der Waals surface area (Å²) in [6.45, 7) is 1.55. The molecule has 0 aromatic carbocycles. The van der Waals surface area contributed by atoms with Gasteiger partial charge in [0.2, 0.25) is 10.0 Å². The fourth-order valence-corrected chi connectivity index (χ4v) is 5.52. The summed E-state index contributed by atoms with van der Waals surface area (Å²) < 4.78 is 27.4. The summed E-state index contributed by atoms with van der Waals surface area (Å²) in [5, 5.41) is 1.57. The molecule has 3 rings (SSSR count). The van der Waals surface area contributed by atoms with Crippen molar-refractivity contribution in [3.8, 4) is 0 Å². The maximum Gasteiger partial charge on any atom is 0.263 e. The molecule has 2 aliphatic rings. The van der Waals surface area contributed by atoms with Crippen molar-refractivity contribution in [1.82, 2.24) is 9.62 Å². The third kappa shape index (κ3) is 3.30. The van der Waals surface area contributed by atoms with Crippen LogP contribution < -0.4 is 4.72 Å². The van der Waals surface area contributed by atoms with E-state index in [2.05, 4.69) is 4.72 Å². The quantitative estimate of drug-likeness (QED) is 0.921. The van der Waals surface area contributed by atoms with E-state index in [4.69, 9.17) is 0 Å². The van der Waals surface area contributed by atoms with Crippen molar-refractivity contribution in [2.45, 2.75) is 49.5 Å². The van der Waals surface area contributed by atoms with Crippen molar-refractivity contribution in [1.29, 1.82) is 0 Å². The molecule has 1 aromatic rings. The Labute approximate surface area is 129 Å². The minimum Gasteiger partial charge on any atom is -0.338 e. The predicted molar refractivity (Wildman–Crippen MR) is 82.0 cm³/mol. The average molecular weight is 328 g/mol. The number of amides is 1. The van der Waals surface area contributed by atoms with Gasteiger partial charge in [-0.25, -0.2) is 13.1 Å². The molecule has 2 heterocycles. The number of thiophene rings is 1. The highest BCUT2D eigenvalue weighted by molar-refractivity contribution is 7.89. The first kappa shape index (κ1) is 15.0. The van der Waals surface area contributed by atoms with Crippen molar-refractivity contribution in [3.63, 3.8) is 0 Å². The number of rotatable bonds is 4. The van der Waals surface area contributed by atoms with Gasteiger partial charge in [0.25, 0.3) is 5.91 Å². The van der Waals surface area contributed by atoms with E-state index < -0.39 is 10.0 Å².